The van der Waals surface area contributed by atoms with Crippen LogP contribution in [0.4, 0.5) is 0 Å². The average Bonchev–Trinajstić information content (AvgIpc) is 3.92. The predicted molar refractivity (Wildman–Crippen MR) is 236 cm³/mol. The minimum atomic E-state index is -0.811. The fourth-order valence-corrected chi connectivity index (χ4v) is 7.29. The van der Waals surface area contributed by atoms with Crippen LogP contribution in [0.2, 0.25) is 5.02 Å². The van der Waals surface area contributed by atoms with Gasteiger partial charge in [-0.25, -0.2) is 9.59 Å². The summed E-state index contributed by atoms with van der Waals surface area (Å²) in [5.41, 5.74) is 5.03. The Kier molecular flexibility index (Phi) is 19.5. The van der Waals surface area contributed by atoms with Crippen molar-refractivity contribution in [3.8, 4) is 28.5 Å². The van der Waals surface area contributed by atoms with E-state index in [9.17, 15) is 29.8 Å². The Morgan fingerprint density at radius 1 is 0.844 bits per heavy atom. The first-order valence-electron chi connectivity index (χ1n) is 21.6. The molecule has 0 spiro atoms. The van der Waals surface area contributed by atoms with Gasteiger partial charge in [0.15, 0.2) is 0 Å². The fourth-order valence-electron chi connectivity index (χ4n) is 7.13. The van der Waals surface area contributed by atoms with Crippen molar-refractivity contribution in [1.29, 1.82) is 0 Å². The Hall–Kier alpha value is -6.36. The van der Waals surface area contributed by atoms with Crippen LogP contribution in [0, 0.1) is 20.2 Å². The second-order valence-electron chi connectivity index (χ2n) is 15.0. The van der Waals surface area contributed by atoms with Crippen LogP contribution in [-0.4, -0.2) is 72.0 Å². The molecule has 0 saturated carbocycles. The van der Waals surface area contributed by atoms with Crippen LogP contribution >= 0.6 is 11.6 Å². The van der Waals surface area contributed by atoms with Gasteiger partial charge in [0.25, 0.3) is 10.2 Å². The van der Waals surface area contributed by atoms with E-state index >= 15 is 0 Å². The number of fused-ring (bicyclic) bond motifs is 1. The number of hydrogen-bond donors (Lipinski definition) is 0. The smallest absolute Gasteiger partial charge is 0.338 e. The lowest BCUT2D eigenvalue weighted by Crippen LogP contribution is -2.12. The SMILES string of the molecule is CCCCn1ncc(C=C(Cc2cc3c(cc2OC)CCO3)C(=O)OCCCCCCO[N+](=O)[O-])c1-c1ccc(Cl)cc1OCc1ccccc1C(=O)OCCCCCCO[N+](=O)[O-]. The highest BCUT2D eigenvalue weighted by Gasteiger charge is 2.23. The summed E-state index contributed by atoms with van der Waals surface area (Å²) in [5.74, 6) is 0.765. The Labute approximate surface area is 376 Å². The number of rotatable bonds is 29. The van der Waals surface area contributed by atoms with Crippen molar-refractivity contribution in [2.24, 2.45) is 0 Å². The Bertz CT molecular complexity index is 2230. The van der Waals surface area contributed by atoms with Crippen molar-refractivity contribution in [1.82, 2.24) is 9.78 Å². The zero-order chi connectivity index (χ0) is 45.7. The minimum Gasteiger partial charge on any atom is -0.496 e. The lowest BCUT2D eigenvalue weighted by atomic mass is 9.98. The molecule has 0 saturated heterocycles. The lowest BCUT2D eigenvalue weighted by Gasteiger charge is -2.17. The van der Waals surface area contributed by atoms with Gasteiger partial charge in [0.2, 0.25) is 0 Å². The van der Waals surface area contributed by atoms with Gasteiger partial charge in [-0.15, -0.1) is 20.2 Å². The molecule has 0 N–H and O–H groups in total. The molecule has 0 fully saturated rings. The number of unbranched alkanes of at least 4 members (excludes halogenated alkanes) is 7. The summed E-state index contributed by atoms with van der Waals surface area (Å²) in [6.45, 7) is 3.60. The molecule has 0 aliphatic carbocycles. The first-order valence-corrected chi connectivity index (χ1v) is 21.9. The number of benzene rings is 3. The normalized spacial score (nSPS) is 12.0. The lowest BCUT2D eigenvalue weighted by molar-refractivity contribution is -0.757. The summed E-state index contributed by atoms with van der Waals surface area (Å²) in [6, 6.07) is 16.2. The molecule has 0 unspecified atom stereocenters. The van der Waals surface area contributed by atoms with Crippen LogP contribution in [0.3, 0.4) is 0 Å². The van der Waals surface area contributed by atoms with Crippen molar-refractivity contribution in [3.05, 3.63) is 119 Å². The van der Waals surface area contributed by atoms with Gasteiger partial charge in [-0.3, -0.25) is 4.68 Å². The molecular weight excluding hydrogens is 852 g/mol. The second-order valence-corrected chi connectivity index (χ2v) is 15.5. The minimum absolute atomic E-state index is 0.00383. The van der Waals surface area contributed by atoms with Gasteiger partial charge in [-0.1, -0.05) is 56.0 Å². The number of nitrogens with zero attached hydrogens (tertiary/aromatic N) is 4. The fraction of sp³-hybridized carbons (Fsp3) is 0.457. The van der Waals surface area contributed by atoms with Gasteiger partial charge in [0.1, 0.15) is 23.9 Å². The summed E-state index contributed by atoms with van der Waals surface area (Å²) in [4.78, 5) is 56.8. The summed E-state index contributed by atoms with van der Waals surface area (Å²) in [7, 11) is 1.59. The van der Waals surface area contributed by atoms with Crippen LogP contribution < -0.4 is 14.2 Å². The molecule has 1 aliphatic heterocycles. The van der Waals surface area contributed by atoms with Crippen molar-refractivity contribution in [2.45, 2.75) is 97.1 Å². The molecule has 0 radical (unpaired) electrons. The highest BCUT2D eigenvalue weighted by molar-refractivity contribution is 6.30. The molecule has 18 heteroatoms. The Balaban J connectivity index is 1.40. The van der Waals surface area contributed by atoms with Crippen LogP contribution in [0.15, 0.2) is 66.4 Å². The average molecular weight is 907 g/mol. The highest BCUT2D eigenvalue weighted by atomic mass is 35.5. The van der Waals surface area contributed by atoms with Gasteiger partial charge in [0.05, 0.1) is 57.6 Å². The van der Waals surface area contributed by atoms with Crippen molar-refractivity contribution in [3.63, 3.8) is 0 Å². The number of esters is 2. The van der Waals surface area contributed by atoms with E-state index in [1.54, 1.807) is 55.8 Å². The van der Waals surface area contributed by atoms with Crippen LogP contribution in [0.5, 0.6) is 17.2 Å². The summed E-state index contributed by atoms with van der Waals surface area (Å²) < 4.78 is 31.4. The molecule has 3 aromatic carbocycles. The van der Waals surface area contributed by atoms with E-state index in [1.165, 1.54) is 0 Å². The molecule has 2 heterocycles. The van der Waals surface area contributed by atoms with Gasteiger partial charge in [-0.05, 0) is 87.4 Å². The molecule has 344 valence electrons. The van der Waals surface area contributed by atoms with Crippen molar-refractivity contribution < 1.29 is 53.1 Å². The number of aryl methyl sites for hydroxylation is 1. The molecule has 64 heavy (non-hydrogen) atoms. The van der Waals surface area contributed by atoms with Gasteiger partial charge in [0, 0.05) is 57.8 Å². The van der Waals surface area contributed by atoms with E-state index in [4.69, 9.17) is 40.4 Å². The van der Waals surface area contributed by atoms with Gasteiger partial charge >= 0.3 is 11.9 Å². The third-order valence-corrected chi connectivity index (χ3v) is 10.6. The van der Waals surface area contributed by atoms with E-state index in [0.29, 0.717) is 108 Å². The maximum absolute atomic E-state index is 14.0. The number of ether oxygens (including phenoxy) is 5. The number of hydrogen-bond acceptors (Lipinski definition) is 14. The second kappa shape index (κ2) is 25.7. The third-order valence-electron chi connectivity index (χ3n) is 10.4. The van der Waals surface area contributed by atoms with Crippen molar-refractivity contribution in [2.75, 3.05) is 40.1 Å². The molecule has 5 rings (SSSR count). The number of methoxy groups -OCH3 is 1. The van der Waals surface area contributed by atoms with Crippen LogP contribution in [0.1, 0.15) is 104 Å². The summed E-state index contributed by atoms with van der Waals surface area (Å²) in [5, 5.41) is 24.4. The van der Waals surface area contributed by atoms with Crippen molar-refractivity contribution >= 4 is 29.6 Å². The largest absolute Gasteiger partial charge is 0.496 e. The van der Waals surface area contributed by atoms with Crippen LogP contribution in [0.25, 0.3) is 17.3 Å². The third kappa shape index (κ3) is 14.9. The molecule has 4 aromatic rings. The summed E-state index contributed by atoms with van der Waals surface area (Å²) in [6.07, 6.45) is 11.1. The highest BCUT2D eigenvalue weighted by Crippen LogP contribution is 2.38. The molecule has 1 aromatic heterocycles. The first-order chi connectivity index (χ1) is 31.1. The quantitative estimate of drug-likeness (QED) is 0.0164. The zero-order valence-electron chi connectivity index (χ0n) is 36.3. The molecule has 0 bridgehead atoms. The maximum atomic E-state index is 14.0. The Morgan fingerprint density at radius 2 is 1.53 bits per heavy atom. The van der Waals surface area contributed by atoms with Gasteiger partial charge in [-0.2, -0.15) is 5.10 Å². The zero-order valence-corrected chi connectivity index (χ0v) is 37.0. The molecular formula is C46H55ClN4O13. The molecule has 0 atom stereocenters. The maximum Gasteiger partial charge on any atom is 0.338 e. The molecule has 1 aliphatic rings. The predicted octanol–water partition coefficient (Wildman–Crippen LogP) is 9.39. The standard InChI is InChI=1S/C46H55ClN4O13/c1-3-4-20-49-44(40-18-17-38(47)30-43(40)62-32-34-15-9-10-16-39(34)46(53)61-22-12-6-8-14-24-64-51(56)57)37(31-48-49)27-36(45(52)60-21-11-5-7-13-23-63-50(54)55)26-35-29-42-33(19-25-59-42)28-41(35)58-2/h9-10,15-18,27-31H,3-8,11-14,19-26,32H2,1-2H3. The van der Waals surface area contributed by atoms with E-state index < -0.39 is 22.1 Å². The number of halogens is 1. The number of carbonyl (C=O) groups is 2. The van der Waals surface area contributed by atoms with E-state index in [2.05, 4.69) is 16.6 Å². The summed E-state index contributed by atoms with van der Waals surface area (Å²) >= 11 is 6.58. The monoisotopic (exact) mass is 906 g/mol. The van der Waals surface area contributed by atoms with E-state index in [0.717, 1.165) is 42.6 Å². The Morgan fingerprint density at radius 3 is 2.22 bits per heavy atom. The number of carbonyl (C=O) groups excluding carboxylic acids is 2. The number of aromatic nitrogens is 2. The van der Waals surface area contributed by atoms with E-state index in [1.807, 2.05) is 22.9 Å². The molecule has 17 nitrogen and oxygen atoms in total. The van der Waals surface area contributed by atoms with Gasteiger partial charge < -0.3 is 33.4 Å². The first kappa shape index (κ1) is 48.7. The molecule has 0 amide bonds. The van der Waals surface area contributed by atoms with Crippen LogP contribution in [-0.2, 0) is 49.9 Å². The topological polar surface area (TPSA) is 203 Å². The van der Waals surface area contributed by atoms with E-state index in [-0.39, 0.29) is 39.5 Å².